The van der Waals surface area contributed by atoms with Crippen molar-refractivity contribution >= 4 is 29.2 Å². The first-order chi connectivity index (χ1) is 10.6. The Balaban J connectivity index is 2.21. The molecule has 0 spiro atoms. The van der Waals surface area contributed by atoms with Crippen LogP contribution in [0.3, 0.4) is 0 Å². The number of ether oxygens (including phenoxy) is 3. The lowest BCUT2D eigenvalue weighted by Crippen LogP contribution is -2.05. The third-order valence-electron chi connectivity index (χ3n) is 2.34. The highest BCUT2D eigenvalue weighted by molar-refractivity contribution is 6.34. The van der Waals surface area contributed by atoms with Crippen molar-refractivity contribution in [2.75, 3.05) is 7.11 Å². The topological polar surface area (TPSA) is 57.7 Å². The third-order valence-corrected chi connectivity index (χ3v) is 2.77. The van der Waals surface area contributed by atoms with Crippen LogP contribution in [0.25, 0.3) is 0 Å². The van der Waals surface area contributed by atoms with E-state index in [2.05, 4.69) is 9.72 Å². The van der Waals surface area contributed by atoms with Gasteiger partial charge in [0.05, 0.1) is 19.4 Å². The van der Waals surface area contributed by atoms with Crippen molar-refractivity contribution in [3.63, 3.8) is 0 Å². The van der Waals surface area contributed by atoms with Gasteiger partial charge >= 0.3 is 5.97 Å². The molecule has 114 valence electrons. The quantitative estimate of drug-likeness (QED) is 0.463. The van der Waals surface area contributed by atoms with Gasteiger partial charge in [-0.1, -0.05) is 23.2 Å². The van der Waals surface area contributed by atoms with Crippen LogP contribution in [0.5, 0.6) is 17.4 Å². The summed E-state index contributed by atoms with van der Waals surface area (Å²) in [5.74, 6) is 0.0223. The van der Waals surface area contributed by atoms with Crippen molar-refractivity contribution in [2.24, 2.45) is 0 Å². The molecular weight excluding hydrogens is 329 g/mol. The first-order valence-electron chi connectivity index (χ1n) is 6.08. The van der Waals surface area contributed by atoms with E-state index in [0.717, 1.165) is 6.08 Å². The predicted octanol–water partition coefficient (Wildman–Crippen LogP) is 4.25. The Morgan fingerprint density at radius 3 is 2.64 bits per heavy atom. The SMILES string of the molecule is COC=CC(=O)Oc1cccnc1Oc1cc(Cl)cc(Cl)c1. The molecule has 2 rings (SSSR count). The number of halogens is 2. The molecule has 1 heterocycles. The van der Waals surface area contributed by atoms with E-state index in [4.69, 9.17) is 32.7 Å². The summed E-state index contributed by atoms with van der Waals surface area (Å²) in [7, 11) is 1.42. The van der Waals surface area contributed by atoms with Gasteiger partial charge in [-0.15, -0.1) is 0 Å². The van der Waals surface area contributed by atoms with Crippen LogP contribution in [0.1, 0.15) is 0 Å². The molecule has 0 aliphatic rings. The minimum Gasteiger partial charge on any atom is -0.504 e. The molecule has 0 unspecified atom stereocenters. The number of benzene rings is 1. The van der Waals surface area contributed by atoms with Crippen molar-refractivity contribution in [3.05, 3.63) is 58.9 Å². The maximum absolute atomic E-state index is 11.6. The maximum Gasteiger partial charge on any atom is 0.339 e. The van der Waals surface area contributed by atoms with Crippen molar-refractivity contribution in [3.8, 4) is 17.4 Å². The van der Waals surface area contributed by atoms with Gasteiger partial charge in [0, 0.05) is 16.2 Å². The lowest BCUT2D eigenvalue weighted by molar-refractivity contribution is -0.129. The van der Waals surface area contributed by atoms with Gasteiger partial charge in [-0.2, -0.15) is 0 Å². The zero-order valence-electron chi connectivity index (χ0n) is 11.5. The van der Waals surface area contributed by atoms with Gasteiger partial charge in [0.25, 0.3) is 5.88 Å². The van der Waals surface area contributed by atoms with Crippen molar-refractivity contribution < 1.29 is 19.0 Å². The summed E-state index contributed by atoms with van der Waals surface area (Å²) in [6.07, 6.45) is 3.84. The monoisotopic (exact) mass is 339 g/mol. The molecule has 0 saturated heterocycles. The van der Waals surface area contributed by atoms with Crippen LogP contribution in [0.4, 0.5) is 0 Å². The van der Waals surface area contributed by atoms with Crippen LogP contribution in [-0.2, 0) is 9.53 Å². The molecule has 0 saturated carbocycles. The first-order valence-corrected chi connectivity index (χ1v) is 6.84. The van der Waals surface area contributed by atoms with E-state index in [9.17, 15) is 4.79 Å². The molecule has 0 fully saturated rings. The Kier molecular flexibility index (Phi) is 5.63. The van der Waals surface area contributed by atoms with E-state index in [1.165, 1.54) is 19.6 Å². The maximum atomic E-state index is 11.6. The van der Waals surface area contributed by atoms with Crippen molar-refractivity contribution in [1.82, 2.24) is 4.98 Å². The van der Waals surface area contributed by atoms with E-state index < -0.39 is 5.97 Å². The summed E-state index contributed by atoms with van der Waals surface area (Å²) in [5, 5.41) is 0.833. The Hall–Kier alpha value is -2.24. The van der Waals surface area contributed by atoms with Gasteiger partial charge < -0.3 is 14.2 Å². The Morgan fingerprint density at radius 1 is 1.23 bits per heavy atom. The Morgan fingerprint density at radius 2 is 1.95 bits per heavy atom. The van der Waals surface area contributed by atoms with E-state index in [-0.39, 0.29) is 11.6 Å². The molecule has 5 nitrogen and oxygen atoms in total. The fraction of sp³-hybridized carbons (Fsp3) is 0.0667. The summed E-state index contributed by atoms with van der Waals surface area (Å²) in [4.78, 5) is 15.6. The molecule has 0 aliphatic heterocycles. The van der Waals surface area contributed by atoms with Gasteiger partial charge in [0.15, 0.2) is 5.75 Å². The molecule has 2 aromatic rings. The highest BCUT2D eigenvalue weighted by Crippen LogP contribution is 2.32. The van der Waals surface area contributed by atoms with E-state index in [0.29, 0.717) is 15.8 Å². The number of carbonyl (C=O) groups excluding carboxylic acids is 1. The minimum absolute atomic E-state index is 0.111. The van der Waals surface area contributed by atoms with Crippen LogP contribution in [0.15, 0.2) is 48.9 Å². The molecule has 7 heteroatoms. The molecule has 0 atom stereocenters. The number of nitrogens with zero attached hydrogens (tertiary/aromatic N) is 1. The smallest absolute Gasteiger partial charge is 0.339 e. The molecule has 22 heavy (non-hydrogen) atoms. The van der Waals surface area contributed by atoms with Crippen LogP contribution < -0.4 is 9.47 Å². The largest absolute Gasteiger partial charge is 0.504 e. The van der Waals surface area contributed by atoms with Gasteiger partial charge in [-0.25, -0.2) is 9.78 Å². The lowest BCUT2D eigenvalue weighted by Gasteiger charge is -2.09. The van der Waals surface area contributed by atoms with E-state index >= 15 is 0 Å². The second-order valence-corrected chi connectivity index (χ2v) is 4.85. The van der Waals surface area contributed by atoms with Gasteiger partial charge in [-0.05, 0) is 30.3 Å². The highest BCUT2D eigenvalue weighted by Gasteiger charge is 2.11. The number of hydrogen-bond acceptors (Lipinski definition) is 5. The Bertz CT molecular complexity index is 683. The van der Waals surface area contributed by atoms with Crippen LogP contribution >= 0.6 is 23.2 Å². The molecule has 1 aromatic carbocycles. The summed E-state index contributed by atoms with van der Waals surface area (Å²) in [5.41, 5.74) is 0. The second kappa shape index (κ2) is 7.68. The van der Waals surface area contributed by atoms with Gasteiger partial charge in [0.1, 0.15) is 5.75 Å². The number of rotatable bonds is 5. The van der Waals surface area contributed by atoms with Crippen LogP contribution in [-0.4, -0.2) is 18.1 Å². The van der Waals surface area contributed by atoms with E-state index in [1.54, 1.807) is 30.3 Å². The van der Waals surface area contributed by atoms with Gasteiger partial charge in [-0.3, -0.25) is 0 Å². The Labute approximate surface area is 137 Å². The molecule has 0 amide bonds. The second-order valence-electron chi connectivity index (χ2n) is 3.97. The zero-order chi connectivity index (χ0) is 15.9. The average Bonchev–Trinajstić information content (AvgIpc) is 2.46. The van der Waals surface area contributed by atoms with Crippen molar-refractivity contribution in [1.29, 1.82) is 0 Å². The van der Waals surface area contributed by atoms with Crippen LogP contribution in [0, 0.1) is 0 Å². The molecule has 0 bridgehead atoms. The molecule has 0 N–H and O–H groups in total. The number of pyridine rings is 1. The average molecular weight is 340 g/mol. The summed E-state index contributed by atoms with van der Waals surface area (Å²) in [6, 6.07) is 7.87. The van der Waals surface area contributed by atoms with Crippen molar-refractivity contribution in [2.45, 2.75) is 0 Å². The summed E-state index contributed by atoms with van der Waals surface area (Å²) in [6.45, 7) is 0. The summed E-state index contributed by atoms with van der Waals surface area (Å²) < 4.78 is 15.3. The van der Waals surface area contributed by atoms with Crippen LogP contribution in [0.2, 0.25) is 10.0 Å². The number of aromatic nitrogens is 1. The number of hydrogen-bond donors (Lipinski definition) is 0. The number of methoxy groups -OCH3 is 1. The molecule has 0 aliphatic carbocycles. The highest BCUT2D eigenvalue weighted by atomic mass is 35.5. The minimum atomic E-state index is -0.621. The lowest BCUT2D eigenvalue weighted by atomic mass is 10.3. The molecule has 1 aromatic heterocycles. The standard InChI is InChI=1S/C15H11Cl2NO4/c1-20-6-4-14(19)22-13-3-2-5-18-15(13)21-12-8-10(16)7-11(17)9-12/h2-9H,1H3. The summed E-state index contributed by atoms with van der Waals surface area (Å²) >= 11 is 11.8. The number of carbonyl (C=O) groups is 1. The zero-order valence-corrected chi connectivity index (χ0v) is 13.0. The fourth-order valence-electron chi connectivity index (χ4n) is 1.50. The third kappa shape index (κ3) is 4.65. The fourth-order valence-corrected chi connectivity index (χ4v) is 2.00. The number of esters is 1. The normalized spacial score (nSPS) is 10.5. The molecule has 0 radical (unpaired) electrons. The molecular formula is C15H11Cl2NO4. The first kappa shape index (κ1) is 16.1. The predicted molar refractivity (Wildman–Crippen MR) is 82.6 cm³/mol. The van der Waals surface area contributed by atoms with E-state index in [1.807, 2.05) is 0 Å². The van der Waals surface area contributed by atoms with Gasteiger partial charge in [0.2, 0.25) is 0 Å².